The van der Waals surface area contributed by atoms with Gasteiger partial charge in [0.05, 0.1) is 0 Å². The van der Waals surface area contributed by atoms with Gasteiger partial charge < -0.3 is 15.7 Å². The van der Waals surface area contributed by atoms with Crippen LogP contribution in [0.3, 0.4) is 0 Å². The maximum absolute atomic E-state index is 13.4. The normalized spacial score (nSPS) is 18.8. The van der Waals surface area contributed by atoms with Crippen LogP contribution in [0.1, 0.15) is 19.4 Å². The quantitative estimate of drug-likeness (QED) is 0.624. The summed E-state index contributed by atoms with van der Waals surface area (Å²) in [5, 5.41) is 10.1. The fourth-order valence-electron chi connectivity index (χ4n) is 3.49. The number of anilines is 2. The number of hydrogen-bond acceptors (Lipinski definition) is 7. The number of rotatable bonds is 4. The molecule has 1 aliphatic rings. The number of sulfonamides is 1. The fraction of sp³-hybridized carbons (Fsp3) is 0.364. The highest BCUT2D eigenvalue weighted by molar-refractivity contribution is 7.89. The van der Waals surface area contributed by atoms with Crippen LogP contribution in [0, 0.1) is 23.7 Å². The molecule has 8 nitrogen and oxygen atoms in total. The van der Waals surface area contributed by atoms with Gasteiger partial charge in [-0.1, -0.05) is 11.8 Å². The lowest BCUT2D eigenvalue weighted by molar-refractivity contribution is -0.240. The molecule has 2 atom stereocenters. The Bertz CT molecular complexity index is 1260. The minimum absolute atomic E-state index is 0.00474. The maximum atomic E-state index is 13.4. The van der Waals surface area contributed by atoms with Crippen molar-refractivity contribution >= 4 is 21.7 Å². The van der Waals surface area contributed by atoms with E-state index in [1.165, 1.54) is 35.6 Å². The number of alkyl halides is 3. The smallest absolute Gasteiger partial charge is 0.384 e. The number of nitrogens with two attached hydrogens (primary N) is 1. The molecule has 1 unspecified atom stereocenters. The average molecular weight is 494 g/mol. The zero-order valence-corrected chi connectivity index (χ0v) is 19.2. The predicted molar refractivity (Wildman–Crippen MR) is 120 cm³/mol. The summed E-state index contributed by atoms with van der Waals surface area (Å²) in [6, 6.07) is 4.57. The highest BCUT2D eigenvalue weighted by atomic mass is 32.2. The molecule has 1 saturated heterocycles. The van der Waals surface area contributed by atoms with Crippen LogP contribution in [0.4, 0.5) is 24.8 Å². The minimum Gasteiger partial charge on any atom is -0.384 e. The molecule has 2 aromatic rings. The van der Waals surface area contributed by atoms with Crippen molar-refractivity contribution in [3.63, 3.8) is 0 Å². The van der Waals surface area contributed by atoms with Crippen LogP contribution in [0.5, 0.6) is 0 Å². The van der Waals surface area contributed by atoms with Crippen LogP contribution in [0.25, 0.3) is 0 Å². The molecule has 0 aromatic carbocycles. The van der Waals surface area contributed by atoms with E-state index < -0.39 is 33.4 Å². The Kier molecular flexibility index (Phi) is 7.07. The van der Waals surface area contributed by atoms with E-state index >= 15 is 0 Å². The first-order valence-electron chi connectivity index (χ1n) is 10.0. The minimum atomic E-state index is -5.02. The third-order valence-corrected chi connectivity index (χ3v) is 7.08. The molecule has 0 aliphatic carbocycles. The van der Waals surface area contributed by atoms with E-state index in [1.54, 1.807) is 17.7 Å². The van der Waals surface area contributed by atoms with Crippen LogP contribution < -0.4 is 10.6 Å². The summed E-state index contributed by atoms with van der Waals surface area (Å²) in [5.41, 5.74) is 1.66. The van der Waals surface area contributed by atoms with E-state index in [2.05, 4.69) is 27.7 Å². The Morgan fingerprint density at radius 1 is 1.09 bits per heavy atom. The van der Waals surface area contributed by atoms with Gasteiger partial charge in [-0.2, -0.15) is 17.5 Å². The van der Waals surface area contributed by atoms with Crippen molar-refractivity contribution in [2.24, 2.45) is 0 Å². The van der Waals surface area contributed by atoms with E-state index in [4.69, 9.17) is 5.73 Å². The molecular formula is C22H22F3N5O3S. The number of pyridine rings is 2. The molecule has 3 N–H and O–H groups in total. The molecule has 3 heterocycles. The molecule has 0 saturated carbocycles. The van der Waals surface area contributed by atoms with Crippen LogP contribution in [0.15, 0.2) is 41.6 Å². The van der Waals surface area contributed by atoms with E-state index in [0.717, 1.165) is 12.3 Å². The maximum Gasteiger partial charge on any atom is 0.433 e. The lowest BCUT2D eigenvalue weighted by Gasteiger charge is -2.39. The van der Waals surface area contributed by atoms with Crippen molar-refractivity contribution in [2.45, 2.75) is 36.6 Å². The lowest BCUT2D eigenvalue weighted by atomic mass is 9.95. The van der Waals surface area contributed by atoms with Crippen molar-refractivity contribution in [3.05, 3.63) is 42.2 Å². The largest absolute Gasteiger partial charge is 0.433 e. The number of hydrogen-bond donors (Lipinski definition) is 2. The van der Waals surface area contributed by atoms with Crippen LogP contribution >= 0.6 is 0 Å². The number of nitrogen functional groups attached to an aromatic ring is 1. The van der Waals surface area contributed by atoms with Gasteiger partial charge in [0, 0.05) is 37.6 Å². The topological polar surface area (TPSA) is 113 Å². The van der Waals surface area contributed by atoms with Gasteiger partial charge in [0.15, 0.2) is 0 Å². The summed E-state index contributed by atoms with van der Waals surface area (Å²) in [7, 11) is -3.86. The molecule has 3 rings (SSSR count). The zero-order chi connectivity index (χ0) is 25.1. The van der Waals surface area contributed by atoms with E-state index in [9.17, 15) is 26.7 Å². The summed E-state index contributed by atoms with van der Waals surface area (Å²) in [6.07, 6.45) is -2.93. The second kappa shape index (κ2) is 9.50. The summed E-state index contributed by atoms with van der Waals surface area (Å²) < 4.78 is 67.6. The van der Waals surface area contributed by atoms with Gasteiger partial charge in [0.25, 0.3) is 0 Å². The zero-order valence-electron chi connectivity index (χ0n) is 18.3. The van der Waals surface area contributed by atoms with E-state index in [-0.39, 0.29) is 36.2 Å². The Labute approximate surface area is 195 Å². The molecule has 34 heavy (non-hydrogen) atoms. The SMILES string of the molecule is CC#CC1CN(S(=O)(=O)c2ccc(N)nc2)CCN1c1ccc([C@@](O)(C#CC)C(F)(F)F)cn1. The lowest BCUT2D eigenvalue weighted by Crippen LogP contribution is -2.54. The van der Waals surface area contributed by atoms with Crippen LogP contribution in [0.2, 0.25) is 0 Å². The number of piperazine rings is 1. The second-order valence-corrected chi connectivity index (χ2v) is 9.31. The summed E-state index contributed by atoms with van der Waals surface area (Å²) >= 11 is 0. The molecule has 0 spiro atoms. The van der Waals surface area contributed by atoms with Crippen molar-refractivity contribution in [3.8, 4) is 23.7 Å². The van der Waals surface area contributed by atoms with Crippen molar-refractivity contribution < 1.29 is 26.7 Å². The average Bonchev–Trinajstić information content (AvgIpc) is 2.79. The highest BCUT2D eigenvalue weighted by Gasteiger charge is 2.54. The van der Waals surface area contributed by atoms with Crippen LogP contribution in [-0.4, -0.2) is 59.6 Å². The Hall–Kier alpha value is -3.32. The van der Waals surface area contributed by atoms with Gasteiger partial charge in [-0.05, 0) is 38.1 Å². The Morgan fingerprint density at radius 3 is 2.35 bits per heavy atom. The van der Waals surface area contributed by atoms with Crippen molar-refractivity contribution in [2.75, 3.05) is 30.3 Å². The first-order valence-corrected chi connectivity index (χ1v) is 11.5. The van der Waals surface area contributed by atoms with Gasteiger partial charge in [-0.3, -0.25) is 0 Å². The highest BCUT2D eigenvalue weighted by Crippen LogP contribution is 2.38. The first kappa shape index (κ1) is 25.3. The Morgan fingerprint density at radius 2 is 1.82 bits per heavy atom. The van der Waals surface area contributed by atoms with Crippen molar-refractivity contribution in [1.29, 1.82) is 0 Å². The molecule has 1 fully saturated rings. The van der Waals surface area contributed by atoms with Crippen molar-refractivity contribution in [1.82, 2.24) is 14.3 Å². The monoisotopic (exact) mass is 493 g/mol. The predicted octanol–water partition coefficient (Wildman–Crippen LogP) is 1.73. The molecule has 0 radical (unpaired) electrons. The number of aliphatic hydroxyl groups is 1. The number of aromatic nitrogens is 2. The number of halogens is 3. The molecule has 180 valence electrons. The van der Waals surface area contributed by atoms with Gasteiger partial charge in [-0.25, -0.2) is 18.4 Å². The second-order valence-electron chi connectivity index (χ2n) is 7.37. The van der Waals surface area contributed by atoms with Gasteiger partial charge in [-0.15, -0.1) is 11.8 Å². The molecule has 0 bridgehead atoms. The molecule has 0 amide bonds. The molecule has 12 heteroatoms. The van der Waals surface area contributed by atoms with Gasteiger partial charge in [0.1, 0.15) is 22.6 Å². The summed E-state index contributed by atoms with van der Waals surface area (Å²) in [6.45, 7) is 3.07. The summed E-state index contributed by atoms with van der Waals surface area (Å²) in [5.74, 6) is 10.1. The molecular weight excluding hydrogens is 471 g/mol. The Balaban J connectivity index is 1.88. The molecule has 2 aromatic heterocycles. The van der Waals surface area contributed by atoms with Gasteiger partial charge >= 0.3 is 6.18 Å². The standard InChI is InChI=1S/C22H22F3N5O3S/c1-3-5-17-15-29(34(32,33)18-7-8-19(26)27-14-18)11-12-30(17)20-9-6-16(13-28-20)21(31,10-4-2)22(23,24)25/h6-9,13-14,17,31H,11-12,15H2,1-2H3,(H2,26,27)/t17?,21-/m0/s1. The fourth-order valence-corrected chi connectivity index (χ4v) is 4.88. The third kappa shape index (κ3) is 4.80. The molecule has 1 aliphatic heterocycles. The van der Waals surface area contributed by atoms with Crippen LogP contribution in [-0.2, 0) is 15.6 Å². The third-order valence-electron chi connectivity index (χ3n) is 5.23. The van der Waals surface area contributed by atoms with E-state index in [0.29, 0.717) is 0 Å². The summed E-state index contributed by atoms with van der Waals surface area (Å²) in [4.78, 5) is 9.61. The van der Waals surface area contributed by atoms with E-state index in [1.807, 2.05) is 0 Å². The number of nitrogens with zero attached hydrogens (tertiary/aromatic N) is 4. The first-order chi connectivity index (χ1) is 15.9. The van der Waals surface area contributed by atoms with Gasteiger partial charge in [0.2, 0.25) is 15.6 Å².